The third kappa shape index (κ3) is 2.41. The van der Waals surface area contributed by atoms with Gasteiger partial charge in [-0.05, 0) is 17.7 Å². The van der Waals surface area contributed by atoms with Gasteiger partial charge in [0.2, 0.25) is 0 Å². The standard InChI is InChI=1S/C16H13NO2/c18-16(11-10-13-6-2-1-3-7-13)17-15-9-5-4-8-14(15)12-19-17/h1-11H,12H2. The van der Waals surface area contributed by atoms with Gasteiger partial charge in [-0.15, -0.1) is 0 Å². The van der Waals surface area contributed by atoms with Gasteiger partial charge >= 0.3 is 0 Å². The van der Waals surface area contributed by atoms with Gasteiger partial charge < -0.3 is 0 Å². The van der Waals surface area contributed by atoms with Crippen molar-refractivity contribution in [1.82, 2.24) is 0 Å². The summed E-state index contributed by atoms with van der Waals surface area (Å²) < 4.78 is 0. The molecule has 1 amide bonds. The van der Waals surface area contributed by atoms with Gasteiger partial charge in [0.05, 0.1) is 5.69 Å². The third-order valence-corrected chi connectivity index (χ3v) is 2.98. The Bertz CT molecular complexity index is 620. The fraction of sp³-hybridized carbons (Fsp3) is 0.0625. The summed E-state index contributed by atoms with van der Waals surface area (Å²) in [4.78, 5) is 17.5. The largest absolute Gasteiger partial charge is 0.274 e. The second-order valence-electron chi connectivity index (χ2n) is 4.28. The van der Waals surface area contributed by atoms with E-state index in [-0.39, 0.29) is 5.91 Å². The number of anilines is 1. The Morgan fingerprint density at radius 1 is 1.05 bits per heavy atom. The number of hydrogen-bond donors (Lipinski definition) is 0. The number of carbonyl (C=O) groups excluding carboxylic acids is 1. The summed E-state index contributed by atoms with van der Waals surface area (Å²) in [5.74, 6) is -0.172. The van der Waals surface area contributed by atoms with E-state index in [4.69, 9.17) is 4.84 Å². The number of benzene rings is 2. The highest BCUT2D eigenvalue weighted by molar-refractivity contribution is 6.03. The zero-order valence-electron chi connectivity index (χ0n) is 10.3. The predicted molar refractivity (Wildman–Crippen MR) is 74.2 cm³/mol. The predicted octanol–water partition coefficient (Wildman–Crippen LogP) is 3.18. The van der Waals surface area contributed by atoms with Crippen molar-refractivity contribution in [2.24, 2.45) is 0 Å². The summed E-state index contributed by atoms with van der Waals surface area (Å²) in [6, 6.07) is 17.4. The number of nitrogens with zero attached hydrogens (tertiary/aromatic N) is 1. The van der Waals surface area contributed by atoms with Crippen LogP contribution >= 0.6 is 0 Å². The molecule has 0 N–H and O–H groups in total. The number of para-hydroxylation sites is 1. The Morgan fingerprint density at radius 3 is 2.63 bits per heavy atom. The molecule has 0 spiro atoms. The molecule has 0 atom stereocenters. The van der Waals surface area contributed by atoms with E-state index in [2.05, 4.69) is 0 Å². The number of rotatable bonds is 2. The Labute approximate surface area is 111 Å². The van der Waals surface area contributed by atoms with Gasteiger partial charge in [-0.1, -0.05) is 48.5 Å². The molecule has 0 saturated heterocycles. The van der Waals surface area contributed by atoms with Crippen LogP contribution in [0.2, 0.25) is 0 Å². The van der Waals surface area contributed by atoms with Crippen LogP contribution in [-0.4, -0.2) is 5.91 Å². The first-order valence-corrected chi connectivity index (χ1v) is 6.12. The Hall–Kier alpha value is -2.39. The van der Waals surface area contributed by atoms with Crippen LogP contribution in [0.15, 0.2) is 60.7 Å². The van der Waals surface area contributed by atoms with Crippen molar-refractivity contribution in [3.63, 3.8) is 0 Å². The van der Waals surface area contributed by atoms with Crippen molar-refractivity contribution in [3.8, 4) is 0 Å². The fourth-order valence-corrected chi connectivity index (χ4v) is 2.02. The van der Waals surface area contributed by atoms with Crippen LogP contribution < -0.4 is 5.06 Å². The van der Waals surface area contributed by atoms with Crippen molar-refractivity contribution in [1.29, 1.82) is 0 Å². The van der Waals surface area contributed by atoms with Gasteiger partial charge in [0.15, 0.2) is 0 Å². The lowest BCUT2D eigenvalue weighted by molar-refractivity contribution is -0.120. The molecule has 2 aromatic rings. The van der Waals surface area contributed by atoms with Crippen molar-refractivity contribution in [2.75, 3.05) is 5.06 Å². The van der Waals surface area contributed by atoms with Gasteiger partial charge in [-0.3, -0.25) is 9.63 Å². The van der Waals surface area contributed by atoms with Crippen molar-refractivity contribution >= 4 is 17.7 Å². The number of hydrogen-bond acceptors (Lipinski definition) is 2. The summed E-state index contributed by atoms with van der Waals surface area (Å²) in [7, 11) is 0. The average molecular weight is 251 g/mol. The zero-order valence-corrected chi connectivity index (χ0v) is 10.3. The quantitative estimate of drug-likeness (QED) is 0.767. The van der Waals surface area contributed by atoms with Crippen molar-refractivity contribution in [3.05, 3.63) is 71.8 Å². The molecule has 94 valence electrons. The summed E-state index contributed by atoms with van der Waals surface area (Å²) in [5.41, 5.74) is 2.84. The van der Waals surface area contributed by atoms with E-state index >= 15 is 0 Å². The summed E-state index contributed by atoms with van der Waals surface area (Å²) >= 11 is 0. The Morgan fingerprint density at radius 2 is 1.79 bits per heavy atom. The first kappa shape index (κ1) is 11.7. The number of amides is 1. The van der Waals surface area contributed by atoms with Crippen molar-refractivity contribution in [2.45, 2.75) is 6.61 Å². The average Bonchev–Trinajstić information content (AvgIpc) is 2.90. The molecule has 0 aromatic heterocycles. The monoisotopic (exact) mass is 251 g/mol. The van der Waals surface area contributed by atoms with E-state index in [1.807, 2.05) is 54.6 Å². The number of carbonyl (C=O) groups is 1. The Kier molecular flexibility index (Phi) is 3.12. The molecule has 0 unspecified atom stereocenters. The third-order valence-electron chi connectivity index (χ3n) is 2.98. The molecule has 1 aliphatic heterocycles. The first-order valence-electron chi connectivity index (χ1n) is 6.12. The highest BCUT2D eigenvalue weighted by atomic mass is 16.7. The second kappa shape index (κ2) is 5.08. The molecule has 2 aromatic carbocycles. The number of hydroxylamine groups is 1. The SMILES string of the molecule is O=C(C=Cc1ccccc1)N1OCc2ccccc21. The molecule has 0 fully saturated rings. The van der Waals surface area contributed by atoms with Crippen LogP contribution in [0.4, 0.5) is 5.69 Å². The Balaban J connectivity index is 1.78. The molecule has 19 heavy (non-hydrogen) atoms. The minimum absolute atomic E-state index is 0.172. The second-order valence-corrected chi connectivity index (χ2v) is 4.28. The minimum Gasteiger partial charge on any atom is -0.267 e. The summed E-state index contributed by atoms with van der Waals surface area (Å²) in [6.45, 7) is 0.446. The normalized spacial score (nSPS) is 13.8. The number of fused-ring (bicyclic) bond motifs is 1. The van der Waals surface area contributed by atoms with Crippen LogP contribution in [0.1, 0.15) is 11.1 Å². The van der Waals surface area contributed by atoms with Crippen LogP contribution in [-0.2, 0) is 16.2 Å². The summed E-state index contributed by atoms with van der Waals surface area (Å²) in [6.07, 6.45) is 3.31. The molecule has 1 heterocycles. The molecule has 0 aliphatic carbocycles. The van der Waals surface area contributed by atoms with E-state index < -0.39 is 0 Å². The molecule has 3 nitrogen and oxygen atoms in total. The maximum Gasteiger partial charge on any atom is 0.274 e. The highest BCUT2D eigenvalue weighted by Crippen LogP contribution is 2.28. The molecule has 1 aliphatic rings. The molecular weight excluding hydrogens is 238 g/mol. The highest BCUT2D eigenvalue weighted by Gasteiger charge is 2.23. The van der Waals surface area contributed by atoms with Gasteiger partial charge in [0, 0.05) is 11.6 Å². The van der Waals surface area contributed by atoms with Crippen LogP contribution in [0.5, 0.6) is 0 Å². The molecule has 0 radical (unpaired) electrons. The van der Waals surface area contributed by atoms with Crippen LogP contribution in [0.3, 0.4) is 0 Å². The smallest absolute Gasteiger partial charge is 0.267 e. The van der Waals surface area contributed by atoms with E-state index in [0.717, 1.165) is 16.8 Å². The fourth-order valence-electron chi connectivity index (χ4n) is 2.02. The van der Waals surface area contributed by atoms with Gasteiger partial charge in [0.25, 0.3) is 5.91 Å². The lowest BCUT2D eigenvalue weighted by atomic mass is 10.2. The van der Waals surface area contributed by atoms with E-state index in [1.54, 1.807) is 6.08 Å². The molecule has 3 heteroatoms. The van der Waals surface area contributed by atoms with Crippen molar-refractivity contribution < 1.29 is 9.63 Å². The van der Waals surface area contributed by atoms with Crippen LogP contribution in [0.25, 0.3) is 6.08 Å². The topological polar surface area (TPSA) is 29.5 Å². The lowest BCUT2D eigenvalue weighted by Gasteiger charge is -2.12. The van der Waals surface area contributed by atoms with E-state index in [9.17, 15) is 4.79 Å². The van der Waals surface area contributed by atoms with Crippen LogP contribution in [0, 0.1) is 0 Å². The lowest BCUT2D eigenvalue weighted by Crippen LogP contribution is -2.24. The van der Waals surface area contributed by atoms with E-state index in [1.165, 1.54) is 11.1 Å². The van der Waals surface area contributed by atoms with Gasteiger partial charge in [-0.25, -0.2) is 0 Å². The molecular formula is C16H13NO2. The minimum atomic E-state index is -0.172. The maximum atomic E-state index is 12.1. The molecule has 3 rings (SSSR count). The zero-order chi connectivity index (χ0) is 13.1. The van der Waals surface area contributed by atoms with Gasteiger partial charge in [0.1, 0.15) is 6.61 Å². The maximum absolute atomic E-state index is 12.1. The summed E-state index contributed by atoms with van der Waals surface area (Å²) in [5, 5.41) is 1.34. The first-order chi connectivity index (χ1) is 9.34. The van der Waals surface area contributed by atoms with Gasteiger partial charge in [-0.2, -0.15) is 5.06 Å². The molecule has 0 saturated carbocycles. The van der Waals surface area contributed by atoms with E-state index in [0.29, 0.717) is 6.61 Å². The molecule has 0 bridgehead atoms.